The number of rotatable bonds is 2. The first-order valence-corrected chi connectivity index (χ1v) is 9.20. The van der Waals surface area contributed by atoms with Crippen LogP contribution in [0.2, 0.25) is 0 Å². The molecule has 0 saturated heterocycles. The summed E-state index contributed by atoms with van der Waals surface area (Å²) < 4.78 is 37.2. The van der Waals surface area contributed by atoms with E-state index in [4.69, 9.17) is 0 Å². The van der Waals surface area contributed by atoms with Crippen LogP contribution in [0.4, 0.5) is 13.2 Å². The van der Waals surface area contributed by atoms with Crippen molar-refractivity contribution in [1.82, 2.24) is 0 Å². The van der Waals surface area contributed by atoms with Gasteiger partial charge in [-0.1, -0.05) is 65.8 Å². The first-order valence-electron chi connectivity index (χ1n) is 8.39. The zero-order valence-electron chi connectivity index (χ0n) is 15.5. The molecule has 0 aliphatic heterocycles. The highest BCUT2D eigenvalue weighted by Crippen LogP contribution is 2.43. The molecule has 0 spiro atoms. The molecule has 0 amide bonds. The van der Waals surface area contributed by atoms with Crippen LogP contribution in [0.25, 0.3) is 0 Å². The van der Waals surface area contributed by atoms with Gasteiger partial charge < -0.3 is 0 Å². The van der Waals surface area contributed by atoms with E-state index in [0.29, 0.717) is 17.2 Å². The van der Waals surface area contributed by atoms with Crippen molar-refractivity contribution in [3.8, 4) is 0 Å². The third kappa shape index (κ3) is 8.50. The summed E-state index contributed by atoms with van der Waals surface area (Å²) >= 11 is -0.00980. The van der Waals surface area contributed by atoms with Gasteiger partial charge in [-0.05, 0) is 54.6 Å². The van der Waals surface area contributed by atoms with Crippen molar-refractivity contribution in [2.75, 3.05) is 0 Å². The summed E-state index contributed by atoms with van der Waals surface area (Å²) in [5.74, 6) is 0.292. The average Bonchev–Trinajstić information content (AvgIpc) is 2.97. The van der Waals surface area contributed by atoms with E-state index in [-0.39, 0.29) is 11.8 Å². The second-order valence-electron chi connectivity index (χ2n) is 4.39. The van der Waals surface area contributed by atoms with E-state index in [2.05, 4.69) is 6.58 Å². The Morgan fingerprint density at radius 3 is 2.00 bits per heavy atom. The molecule has 134 valence electrons. The van der Waals surface area contributed by atoms with Crippen LogP contribution in [0, 0.1) is 5.92 Å². The fourth-order valence-corrected chi connectivity index (χ4v) is 2.92. The summed E-state index contributed by atoms with van der Waals surface area (Å²) in [4.78, 5) is 0.346. The van der Waals surface area contributed by atoms with Crippen LogP contribution in [0.1, 0.15) is 59.6 Å². The van der Waals surface area contributed by atoms with Gasteiger partial charge in [0, 0.05) is 4.90 Å². The minimum absolute atomic E-state index is 0.00980. The lowest BCUT2D eigenvalue weighted by molar-refractivity contribution is -0.0328. The first kappa shape index (κ1) is 24.4. The number of halogens is 3. The molecule has 1 aromatic rings. The molecule has 0 N–H and O–H groups in total. The largest absolute Gasteiger partial charge is 0.446 e. The molecule has 1 aromatic carbocycles. The van der Waals surface area contributed by atoms with E-state index >= 15 is 0 Å². The highest BCUT2D eigenvalue weighted by Gasteiger charge is 2.33. The van der Waals surface area contributed by atoms with Gasteiger partial charge in [0.1, 0.15) is 0 Å². The Kier molecular flexibility index (Phi) is 13.3. The normalized spacial score (nSPS) is 15.0. The number of hydrogen-bond donors (Lipinski definition) is 0. The van der Waals surface area contributed by atoms with Crippen molar-refractivity contribution in [3.63, 3.8) is 0 Å². The molecule has 23 heavy (non-hydrogen) atoms. The predicted molar refractivity (Wildman–Crippen MR) is 98.1 cm³/mol. The van der Waals surface area contributed by atoms with Crippen molar-refractivity contribution in [1.29, 1.82) is 0 Å². The van der Waals surface area contributed by atoms with E-state index in [9.17, 15) is 13.2 Å². The maximum absolute atomic E-state index is 12.4. The summed E-state index contributed by atoms with van der Waals surface area (Å²) in [6.45, 7) is 17.8. The van der Waals surface area contributed by atoms with Crippen LogP contribution in [0.3, 0.4) is 0 Å². The minimum Gasteiger partial charge on any atom is -0.160 e. The maximum Gasteiger partial charge on any atom is 0.446 e. The molecule has 1 atom stereocenters. The standard InChI is InChI=1S/C13H13F3S.3C2H6/c1-8(2)10-6-9-4-3-5-12(11(9)7-10)17-13(14,15)16;3*1-2/h3-5,10H,1,6-7H2,2H3;3*1-2H3. The zero-order valence-corrected chi connectivity index (χ0v) is 16.3. The summed E-state index contributed by atoms with van der Waals surface area (Å²) in [6, 6.07) is 5.17. The van der Waals surface area contributed by atoms with E-state index in [0.717, 1.165) is 23.1 Å². The van der Waals surface area contributed by atoms with Crippen molar-refractivity contribution < 1.29 is 13.2 Å². The molecule has 0 nitrogen and oxygen atoms in total. The van der Waals surface area contributed by atoms with Crippen molar-refractivity contribution in [3.05, 3.63) is 41.5 Å². The molecule has 1 aliphatic rings. The molecule has 0 radical (unpaired) electrons. The fourth-order valence-electron chi connectivity index (χ4n) is 2.19. The number of alkyl halides is 3. The molecule has 1 aliphatic carbocycles. The van der Waals surface area contributed by atoms with Gasteiger partial charge in [0.15, 0.2) is 0 Å². The number of fused-ring (bicyclic) bond motifs is 1. The SMILES string of the molecule is C=C(C)C1Cc2cccc(SC(F)(F)F)c2C1.CC.CC.CC. The predicted octanol–water partition coefficient (Wildman–Crippen LogP) is 7.67. The van der Waals surface area contributed by atoms with E-state index in [1.165, 1.54) is 0 Å². The van der Waals surface area contributed by atoms with Gasteiger partial charge in [0.2, 0.25) is 0 Å². The van der Waals surface area contributed by atoms with Gasteiger partial charge in [0.05, 0.1) is 0 Å². The Morgan fingerprint density at radius 1 is 1.04 bits per heavy atom. The van der Waals surface area contributed by atoms with Crippen LogP contribution in [0.15, 0.2) is 35.2 Å². The lowest BCUT2D eigenvalue weighted by Gasteiger charge is -2.10. The second-order valence-corrected chi connectivity index (χ2v) is 5.50. The van der Waals surface area contributed by atoms with Crippen LogP contribution in [-0.4, -0.2) is 5.51 Å². The Bertz CT molecular complexity index is 450. The summed E-state index contributed by atoms with van der Waals surface area (Å²) in [5, 5.41) is 0. The van der Waals surface area contributed by atoms with E-state index < -0.39 is 5.51 Å². The summed E-state index contributed by atoms with van der Waals surface area (Å²) in [5.41, 5.74) is -1.28. The van der Waals surface area contributed by atoms with Crippen molar-refractivity contribution >= 4 is 11.8 Å². The zero-order chi connectivity index (χ0) is 18.6. The smallest absolute Gasteiger partial charge is 0.160 e. The second kappa shape index (κ2) is 12.5. The number of thioether (sulfide) groups is 1. The lowest BCUT2D eigenvalue weighted by Crippen LogP contribution is -2.02. The van der Waals surface area contributed by atoms with Crippen LogP contribution in [-0.2, 0) is 12.8 Å². The Labute approximate surface area is 144 Å². The third-order valence-electron chi connectivity index (χ3n) is 3.07. The molecule has 0 fully saturated rings. The van der Waals surface area contributed by atoms with Gasteiger partial charge in [-0.2, -0.15) is 13.2 Å². The van der Waals surface area contributed by atoms with Crippen molar-refractivity contribution in [2.45, 2.75) is 71.7 Å². The summed E-state index contributed by atoms with van der Waals surface area (Å²) in [6.07, 6.45) is 1.50. The van der Waals surface area contributed by atoms with E-state index in [1.807, 2.05) is 54.5 Å². The van der Waals surface area contributed by atoms with Crippen LogP contribution < -0.4 is 0 Å². The highest BCUT2D eigenvalue weighted by molar-refractivity contribution is 8.00. The maximum atomic E-state index is 12.4. The molecule has 0 saturated carbocycles. The Hall–Kier alpha value is -0.900. The Balaban J connectivity index is 0. The highest BCUT2D eigenvalue weighted by atomic mass is 32.2. The molecule has 1 unspecified atom stereocenters. The molecular formula is C19H31F3S. The third-order valence-corrected chi connectivity index (χ3v) is 3.90. The first-order chi connectivity index (χ1) is 10.9. The minimum atomic E-state index is -4.21. The average molecular weight is 349 g/mol. The Morgan fingerprint density at radius 2 is 1.57 bits per heavy atom. The van der Waals surface area contributed by atoms with Gasteiger partial charge >= 0.3 is 5.51 Å². The topological polar surface area (TPSA) is 0 Å². The molecule has 0 aromatic heterocycles. The van der Waals surface area contributed by atoms with Crippen LogP contribution in [0.5, 0.6) is 0 Å². The van der Waals surface area contributed by atoms with Crippen molar-refractivity contribution in [2.24, 2.45) is 5.92 Å². The fraction of sp³-hybridized carbons (Fsp3) is 0.579. The summed E-state index contributed by atoms with van der Waals surface area (Å²) in [7, 11) is 0. The lowest BCUT2D eigenvalue weighted by atomic mass is 9.99. The molecule has 0 heterocycles. The molecular weight excluding hydrogens is 317 g/mol. The molecule has 4 heteroatoms. The number of hydrogen-bond acceptors (Lipinski definition) is 1. The van der Waals surface area contributed by atoms with Crippen LogP contribution >= 0.6 is 11.8 Å². The van der Waals surface area contributed by atoms with E-state index in [1.54, 1.807) is 12.1 Å². The number of benzene rings is 1. The van der Waals surface area contributed by atoms with Gasteiger partial charge in [0.25, 0.3) is 0 Å². The molecule has 2 rings (SSSR count). The quantitative estimate of drug-likeness (QED) is 0.390. The molecule has 0 bridgehead atoms. The van der Waals surface area contributed by atoms with Gasteiger partial charge in [-0.25, -0.2) is 0 Å². The monoisotopic (exact) mass is 348 g/mol. The van der Waals surface area contributed by atoms with Gasteiger partial charge in [-0.3, -0.25) is 0 Å². The van der Waals surface area contributed by atoms with Gasteiger partial charge in [-0.15, -0.1) is 0 Å². The number of allylic oxidation sites excluding steroid dienone is 1.